The average molecular weight is 362 g/mol. The standard InChI is InChI=1S/C15H23IO2/c1-15(2,3)8-9-18-14(11-16)12-6-5-7-13(10-12)17-4/h5-7,10,14H,8-9,11H2,1-4H3. The van der Waals surface area contributed by atoms with Crippen LogP contribution in [-0.4, -0.2) is 18.1 Å². The second-order valence-corrected chi connectivity index (χ2v) is 6.48. The van der Waals surface area contributed by atoms with Crippen molar-refractivity contribution >= 4 is 22.6 Å². The average Bonchev–Trinajstić information content (AvgIpc) is 2.33. The molecule has 0 saturated carbocycles. The van der Waals surface area contributed by atoms with Gasteiger partial charge in [0.2, 0.25) is 0 Å². The van der Waals surface area contributed by atoms with Crippen molar-refractivity contribution in [2.75, 3.05) is 18.1 Å². The first-order valence-corrected chi connectivity index (χ1v) is 7.80. The molecule has 0 bridgehead atoms. The molecule has 18 heavy (non-hydrogen) atoms. The lowest BCUT2D eigenvalue weighted by Crippen LogP contribution is -2.13. The van der Waals surface area contributed by atoms with Crippen LogP contribution in [-0.2, 0) is 4.74 Å². The molecule has 0 heterocycles. The SMILES string of the molecule is COc1cccc(C(CI)OCCC(C)(C)C)c1. The zero-order valence-electron chi connectivity index (χ0n) is 11.7. The van der Waals surface area contributed by atoms with Gasteiger partial charge in [-0.05, 0) is 29.5 Å². The Balaban J connectivity index is 2.59. The first-order valence-electron chi connectivity index (χ1n) is 6.28. The lowest BCUT2D eigenvalue weighted by Gasteiger charge is -2.21. The number of hydrogen-bond acceptors (Lipinski definition) is 2. The highest BCUT2D eigenvalue weighted by molar-refractivity contribution is 14.1. The van der Waals surface area contributed by atoms with Crippen LogP contribution < -0.4 is 4.74 Å². The fraction of sp³-hybridized carbons (Fsp3) is 0.600. The molecular formula is C15H23IO2. The Kier molecular flexibility index (Phi) is 6.43. The van der Waals surface area contributed by atoms with E-state index in [2.05, 4.69) is 55.5 Å². The molecule has 3 heteroatoms. The molecule has 1 aromatic rings. The molecule has 1 atom stereocenters. The molecule has 0 radical (unpaired) electrons. The number of hydrogen-bond donors (Lipinski definition) is 0. The van der Waals surface area contributed by atoms with Gasteiger partial charge in [-0.1, -0.05) is 55.5 Å². The zero-order valence-corrected chi connectivity index (χ0v) is 13.9. The summed E-state index contributed by atoms with van der Waals surface area (Å²) in [6.45, 7) is 7.51. The van der Waals surface area contributed by atoms with E-state index in [0.717, 1.165) is 23.2 Å². The third-order valence-corrected chi connectivity index (χ3v) is 3.58. The second-order valence-electron chi connectivity index (χ2n) is 5.60. The van der Waals surface area contributed by atoms with Crippen molar-refractivity contribution in [3.63, 3.8) is 0 Å². The van der Waals surface area contributed by atoms with Gasteiger partial charge in [0.1, 0.15) is 5.75 Å². The van der Waals surface area contributed by atoms with E-state index in [1.807, 2.05) is 12.1 Å². The van der Waals surface area contributed by atoms with Crippen LogP contribution in [0.3, 0.4) is 0 Å². The van der Waals surface area contributed by atoms with Gasteiger partial charge in [0, 0.05) is 11.0 Å². The van der Waals surface area contributed by atoms with E-state index in [0.29, 0.717) is 5.41 Å². The molecule has 2 nitrogen and oxygen atoms in total. The van der Waals surface area contributed by atoms with Crippen LogP contribution >= 0.6 is 22.6 Å². The topological polar surface area (TPSA) is 18.5 Å². The highest BCUT2D eigenvalue weighted by Crippen LogP contribution is 2.26. The van der Waals surface area contributed by atoms with Gasteiger partial charge in [0.15, 0.2) is 0 Å². The maximum absolute atomic E-state index is 5.99. The van der Waals surface area contributed by atoms with Crippen molar-refractivity contribution in [2.45, 2.75) is 33.3 Å². The third-order valence-electron chi connectivity index (χ3n) is 2.78. The second kappa shape index (κ2) is 7.34. The normalized spacial score (nSPS) is 13.4. The van der Waals surface area contributed by atoms with Crippen molar-refractivity contribution in [3.8, 4) is 5.75 Å². The monoisotopic (exact) mass is 362 g/mol. The van der Waals surface area contributed by atoms with Gasteiger partial charge in [-0.3, -0.25) is 0 Å². The molecule has 0 aromatic heterocycles. The van der Waals surface area contributed by atoms with E-state index in [4.69, 9.17) is 9.47 Å². The van der Waals surface area contributed by atoms with Crippen molar-refractivity contribution in [1.82, 2.24) is 0 Å². The quantitative estimate of drug-likeness (QED) is 0.543. The summed E-state index contributed by atoms with van der Waals surface area (Å²) in [6, 6.07) is 8.13. The lowest BCUT2D eigenvalue weighted by atomic mass is 9.93. The molecular weight excluding hydrogens is 339 g/mol. The van der Waals surface area contributed by atoms with Gasteiger partial charge in [0.25, 0.3) is 0 Å². The third kappa shape index (κ3) is 5.57. The van der Waals surface area contributed by atoms with Gasteiger partial charge in [-0.15, -0.1) is 0 Å². The number of rotatable bonds is 6. The predicted molar refractivity (Wildman–Crippen MR) is 84.6 cm³/mol. The van der Waals surface area contributed by atoms with E-state index in [-0.39, 0.29) is 6.10 Å². The smallest absolute Gasteiger partial charge is 0.119 e. The Hall–Kier alpha value is -0.290. The molecule has 102 valence electrons. The minimum Gasteiger partial charge on any atom is -0.497 e. The first-order chi connectivity index (χ1) is 8.46. The van der Waals surface area contributed by atoms with Gasteiger partial charge in [0.05, 0.1) is 13.2 Å². The zero-order chi connectivity index (χ0) is 13.6. The molecule has 0 N–H and O–H groups in total. The Labute approximate surface area is 124 Å². The van der Waals surface area contributed by atoms with Crippen molar-refractivity contribution < 1.29 is 9.47 Å². The minimum atomic E-state index is 0.156. The van der Waals surface area contributed by atoms with Crippen molar-refractivity contribution in [1.29, 1.82) is 0 Å². The number of benzene rings is 1. The van der Waals surface area contributed by atoms with Crippen LogP contribution in [0.25, 0.3) is 0 Å². The largest absolute Gasteiger partial charge is 0.497 e. The molecule has 0 fully saturated rings. The summed E-state index contributed by atoms with van der Waals surface area (Å²) in [6.07, 6.45) is 1.23. The summed E-state index contributed by atoms with van der Waals surface area (Å²) in [4.78, 5) is 0. The summed E-state index contributed by atoms with van der Waals surface area (Å²) in [5.74, 6) is 0.891. The number of halogens is 1. The van der Waals surface area contributed by atoms with E-state index in [1.165, 1.54) is 5.56 Å². The number of alkyl halides is 1. The van der Waals surface area contributed by atoms with Gasteiger partial charge >= 0.3 is 0 Å². The van der Waals surface area contributed by atoms with E-state index < -0.39 is 0 Å². The lowest BCUT2D eigenvalue weighted by molar-refractivity contribution is 0.0530. The highest BCUT2D eigenvalue weighted by atomic mass is 127. The maximum atomic E-state index is 5.99. The van der Waals surface area contributed by atoms with E-state index >= 15 is 0 Å². The van der Waals surface area contributed by atoms with Crippen LogP contribution in [0.5, 0.6) is 5.75 Å². The predicted octanol–water partition coefficient (Wildman–Crippen LogP) is 4.62. The summed E-state index contributed by atoms with van der Waals surface area (Å²) in [5, 5.41) is 0. The molecule has 0 amide bonds. The number of ether oxygens (including phenoxy) is 2. The van der Waals surface area contributed by atoms with Crippen LogP contribution in [0.15, 0.2) is 24.3 Å². The summed E-state index contributed by atoms with van der Waals surface area (Å²) >= 11 is 2.37. The molecule has 1 aromatic carbocycles. The molecule has 0 aliphatic carbocycles. The van der Waals surface area contributed by atoms with Gasteiger partial charge < -0.3 is 9.47 Å². The fourth-order valence-electron chi connectivity index (χ4n) is 1.58. The Bertz CT molecular complexity index is 358. The molecule has 1 rings (SSSR count). The minimum absolute atomic E-state index is 0.156. The maximum Gasteiger partial charge on any atom is 0.119 e. The van der Waals surface area contributed by atoms with Crippen LogP contribution in [0, 0.1) is 5.41 Å². The first kappa shape index (κ1) is 15.8. The van der Waals surface area contributed by atoms with E-state index in [9.17, 15) is 0 Å². The van der Waals surface area contributed by atoms with Crippen LogP contribution in [0.4, 0.5) is 0 Å². The van der Waals surface area contributed by atoms with Crippen molar-refractivity contribution in [2.24, 2.45) is 5.41 Å². The van der Waals surface area contributed by atoms with Gasteiger partial charge in [-0.2, -0.15) is 0 Å². The molecule has 0 saturated heterocycles. The highest BCUT2D eigenvalue weighted by Gasteiger charge is 2.14. The molecule has 1 unspecified atom stereocenters. The number of methoxy groups -OCH3 is 1. The van der Waals surface area contributed by atoms with Crippen molar-refractivity contribution in [3.05, 3.63) is 29.8 Å². The molecule has 0 aliphatic rings. The summed E-state index contributed by atoms with van der Waals surface area (Å²) in [7, 11) is 1.69. The molecule has 0 aliphatic heterocycles. The fourth-order valence-corrected chi connectivity index (χ4v) is 2.34. The van der Waals surface area contributed by atoms with Crippen LogP contribution in [0.2, 0.25) is 0 Å². The summed E-state index contributed by atoms with van der Waals surface area (Å²) in [5.41, 5.74) is 1.52. The van der Waals surface area contributed by atoms with Crippen LogP contribution in [0.1, 0.15) is 38.9 Å². The van der Waals surface area contributed by atoms with E-state index in [1.54, 1.807) is 7.11 Å². The van der Waals surface area contributed by atoms with Gasteiger partial charge in [-0.25, -0.2) is 0 Å². The summed E-state index contributed by atoms with van der Waals surface area (Å²) < 4.78 is 12.2. The Morgan fingerprint density at radius 3 is 2.56 bits per heavy atom. The Morgan fingerprint density at radius 1 is 1.28 bits per heavy atom. The molecule has 0 spiro atoms. The Morgan fingerprint density at radius 2 is 2.00 bits per heavy atom.